The number of aliphatic hydroxyl groups is 2. The largest absolute Gasteiger partial charge is 0.397 e. The van der Waals surface area contributed by atoms with E-state index < -0.39 is 10.4 Å². The lowest BCUT2D eigenvalue weighted by atomic mass is 9.50. The Balaban J connectivity index is 2.24. The van der Waals surface area contributed by atoms with Gasteiger partial charge < -0.3 is 10.2 Å². The van der Waals surface area contributed by atoms with Crippen LogP contribution in [0.2, 0.25) is 0 Å². The quantitative estimate of drug-likeness (QED) is 0.313. The Bertz CT molecular complexity index is 720. The van der Waals surface area contributed by atoms with E-state index in [4.69, 9.17) is 4.55 Å². The van der Waals surface area contributed by atoms with Crippen molar-refractivity contribution in [2.24, 2.45) is 46.3 Å². The Hall–Kier alpha value is -0.210. The average Bonchev–Trinajstić information content (AvgIpc) is 3.06. The molecule has 196 valence electrons. The smallest absolute Gasteiger partial charge is 0.393 e. The molecule has 2 aliphatic rings. The van der Waals surface area contributed by atoms with Crippen LogP contribution in [0.1, 0.15) is 99.8 Å². The van der Waals surface area contributed by atoms with E-state index >= 15 is 0 Å². The molecular formula is C26H50O6S. The van der Waals surface area contributed by atoms with E-state index in [0.29, 0.717) is 24.2 Å². The van der Waals surface area contributed by atoms with Crippen molar-refractivity contribution in [1.82, 2.24) is 0 Å². The molecule has 8 atom stereocenters. The molecule has 0 spiro atoms. The second kappa shape index (κ2) is 11.2. The van der Waals surface area contributed by atoms with Crippen molar-refractivity contribution >= 4 is 10.4 Å². The predicted octanol–water partition coefficient (Wildman–Crippen LogP) is 5.48. The van der Waals surface area contributed by atoms with Crippen LogP contribution >= 0.6 is 0 Å². The normalized spacial score (nSPS) is 33.7. The molecule has 0 aromatic rings. The van der Waals surface area contributed by atoms with Crippen LogP contribution in [0.15, 0.2) is 0 Å². The summed E-state index contributed by atoms with van der Waals surface area (Å²) in [6.45, 7) is 15.5. The van der Waals surface area contributed by atoms with Crippen LogP contribution in [0, 0.1) is 46.3 Å². The van der Waals surface area contributed by atoms with Gasteiger partial charge in [-0.2, -0.15) is 8.42 Å². The second-order valence-electron chi connectivity index (χ2n) is 12.4. The molecule has 0 radical (unpaired) electrons. The van der Waals surface area contributed by atoms with Crippen LogP contribution in [0.3, 0.4) is 0 Å². The van der Waals surface area contributed by atoms with E-state index in [2.05, 4.69) is 45.7 Å². The summed E-state index contributed by atoms with van der Waals surface area (Å²) in [6, 6.07) is 0. The van der Waals surface area contributed by atoms with Crippen molar-refractivity contribution < 1.29 is 27.4 Å². The summed E-state index contributed by atoms with van der Waals surface area (Å²) >= 11 is 0. The standard InChI is InChI=1S/C26H50O6S/c1-8-19(27)11-14-25(5,6)21-12-15-26(7)20(18(4)13-16-32-33(29,30)31)9-10-22(26)23(21)24(28)17(2)3/h17-24,27-28H,8-16H2,1-7H3,(H,29,30,31)/t18-,19+,20-,21+,22?,23?,24-,26-/m1/s1. The van der Waals surface area contributed by atoms with E-state index in [1.807, 2.05) is 6.92 Å². The summed E-state index contributed by atoms with van der Waals surface area (Å²) in [4.78, 5) is 0. The first-order chi connectivity index (χ1) is 15.1. The summed E-state index contributed by atoms with van der Waals surface area (Å²) in [7, 11) is -4.40. The van der Waals surface area contributed by atoms with Crippen molar-refractivity contribution in [3.63, 3.8) is 0 Å². The molecule has 2 fully saturated rings. The number of hydrogen-bond donors (Lipinski definition) is 3. The maximum Gasteiger partial charge on any atom is 0.397 e. The Morgan fingerprint density at radius 3 is 2.27 bits per heavy atom. The van der Waals surface area contributed by atoms with Gasteiger partial charge in [-0.1, -0.05) is 48.5 Å². The first-order valence-electron chi connectivity index (χ1n) is 13.1. The molecule has 33 heavy (non-hydrogen) atoms. The second-order valence-corrected chi connectivity index (χ2v) is 13.4. The average molecular weight is 491 g/mol. The molecule has 0 aromatic carbocycles. The summed E-state index contributed by atoms with van der Waals surface area (Å²) in [5, 5.41) is 21.6. The fourth-order valence-corrected chi connectivity index (χ4v) is 7.78. The third kappa shape index (κ3) is 6.93. The molecule has 2 unspecified atom stereocenters. The molecule has 0 aromatic heterocycles. The highest BCUT2D eigenvalue weighted by Crippen LogP contribution is 2.64. The molecule has 0 aliphatic heterocycles. The fourth-order valence-electron chi connectivity index (χ4n) is 7.47. The van der Waals surface area contributed by atoms with Crippen molar-refractivity contribution in [3.05, 3.63) is 0 Å². The molecule has 0 saturated heterocycles. The highest BCUT2D eigenvalue weighted by Gasteiger charge is 2.58. The van der Waals surface area contributed by atoms with Crippen LogP contribution in [-0.4, -0.2) is 42.0 Å². The SMILES string of the molecule is CC[C@H](O)CCC(C)(C)[C@H]1CC[C@@]2(C)C(CC[C@@H]2[C@H](C)CCOS(=O)(=O)O)C1[C@H](O)C(C)C. The van der Waals surface area contributed by atoms with Crippen LogP contribution in [-0.2, 0) is 14.6 Å². The monoisotopic (exact) mass is 490 g/mol. The van der Waals surface area contributed by atoms with Gasteiger partial charge in [-0.3, -0.25) is 4.55 Å². The van der Waals surface area contributed by atoms with Gasteiger partial charge in [-0.15, -0.1) is 0 Å². The zero-order chi connectivity index (χ0) is 25.2. The minimum Gasteiger partial charge on any atom is -0.393 e. The van der Waals surface area contributed by atoms with E-state index in [9.17, 15) is 18.6 Å². The third-order valence-electron chi connectivity index (χ3n) is 9.57. The van der Waals surface area contributed by atoms with Gasteiger partial charge in [0.25, 0.3) is 0 Å². The number of hydrogen-bond acceptors (Lipinski definition) is 5. The Morgan fingerprint density at radius 2 is 1.73 bits per heavy atom. The number of aliphatic hydroxyl groups excluding tert-OH is 2. The topological polar surface area (TPSA) is 104 Å². The molecule has 2 aliphatic carbocycles. The van der Waals surface area contributed by atoms with Crippen molar-refractivity contribution in [2.75, 3.05) is 6.61 Å². The molecule has 3 N–H and O–H groups in total. The third-order valence-corrected chi connectivity index (χ3v) is 10.0. The molecular weight excluding hydrogens is 440 g/mol. The fraction of sp³-hybridized carbons (Fsp3) is 1.00. The lowest BCUT2D eigenvalue weighted by Gasteiger charge is -2.55. The lowest BCUT2D eigenvalue weighted by molar-refractivity contribution is -0.109. The van der Waals surface area contributed by atoms with E-state index in [0.717, 1.165) is 44.9 Å². The zero-order valence-electron chi connectivity index (χ0n) is 22.0. The zero-order valence-corrected chi connectivity index (χ0v) is 22.8. The molecule has 7 heteroatoms. The Labute approximate surface area is 202 Å². The minimum absolute atomic E-state index is 0.00467. The Kier molecular flexibility index (Phi) is 9.88. The highest BCUT2D eigenvalue weighted by molar-refractivity contribution is 7.80. The van der Waals surface area contributed by atoms with Gasteiger partial charge in [-0.25, -0.2) is 4.18 Å². The van der Waals surface area contributed by atoms with E-state index in [-0.39, 0.29) is 47.4 Å². The van der Waals surface area contributed by atoms with Crippen molar-refractivity contribution in [1.29, 1.82) is 0 Å². The van der Waals surface area contributed by atoms with Gasteiger partial charge in [-0.05, 0) is 97.7 Å². The Morgan fingerprint density at radius 1 is 1.09 bits per heavy atom. The molecule has 6 nitrogen and oxygen atoms in total. The number of fused-ring (bicyclic) bond motifs is 1. The van der Waals surface area contributed by atoms with Crippen molar-refractivity contribution in [3.8, 4) is 0 Å². The van der Waals surface area contributed by atoms with Gasteiger partial charge >= 0.3 is 10.4 Å². The molecule has 0 amide bonds. The minimum atomic E-state index is -4.40. The summed E-state index contributed by atoms with van der Waals surface area (Å²) in [6.07, 6.45) is 6.87. The summed E-state index contributed by atoms with van der Waals surface area (Å²) in [5.41, 5.74) is 0.151. The van der Waals surface area contributed by atoms with Crippen LogP contribution < -0.4 is 0 Å². The number of rotatable bonds is 12. The van der Waals surface area contributed by atoms with Gasteiger partial charge in [0, 0.05) is 0 Å². The molecule has 0 bridgehead atoms. The van der Waals surface area contributed by atoms with Crippen LogP contribution in [0.5, 0.6) is 0 Å². The molecule has 0 heterocycles. The lowest BCUT2D eigenvalue weighted by Crippen LogP contribution is -2.52. The first kappa shape index (κ1) is 29.0. The van der Waals surface area contributed by atoms with Gasteiger partial charge in [0.05, 0.1) is 18.8 Å². The predicted molar refractivity (Wildman–Crippen MR) is 132 cm³/mol. The van der Waals surface area contributed by atoms with Crippen LogP contribution in [0.25, 0.3) is 0 Å². The first-order valence-corrected chi connectivity index (χ1v) is 14.5. The van der Waals surface area contributed by atoms with Gasteiger partial charge in [0.1, 0.15) is 0 Å². The van der Waals surface area contributed by atoms with Gasteiger partial charge in [0.2, 0.25) is 0 Å². The summed E-state index contributed by atoms with van der Waals surface area (Å²) in [5.74, 6) is 1.98. The maximum absolute atomic E-state index is 11.5. The molecule has 2 rings (SSSR count). The van der Waals surface area contributed by atoms with Gasteiger partial charge in [0.15, 0.2) is 0 Å². The van der Waals surface area contributed by atoms with E-state index in [1.165, 1.54) is 0 Å². The maximum atomic E-state index is 11.5. The van der Waals surface area contributed by atoms with Crippen molar-refractivity contribution in [2.45, 2.75) is 112 Å². The highest BCUT2D eigenvalue weighted by atomic mass is 32.3. The summed E-state index contributed by atoms with van der Waals surface area (Å²) < 4.78 is 35.4. The van der Waals surface area contributed by atoms with Crippen LogP contribution in [0.4, 0.5) is 0 Å². The molecule has 2 saturated carbocycles. The van der Waals surface area contributed by atoms with E-state index in [1.54, 1.807) is 0 Å².